The van der Waals surface area contributed by atoms with Gasteiger partial charge in [0.25, 0.3) is 0 Å². The molecule has 2 aromatic rings. The number of benzene rings is 2. The van der Waals surface area contributed by atoms with E-state index in [-0.39, 0.29) is 39.2 Å². The van der Waals surface area contributed by atoms with Crippen molar-refractivity contribution >= 4 is 56.1 Å². The van der Waals surface area contributed by atoms with E-state index in [1.807, 2.05) is 18.0 Å². The molecule has 1 unspecified atom stereocenters. The van der Waals surface area contributed by atoms with Crippen LogP contribution in [0.2, 0.25) is 0 Å². The van der Waals surface area contributed by atoms with Crippen molar-refractivity contribution in [2.45, 2.75) is 3.34 Å². The molecule has 0 fully saturated rings. The molecule has 2 aliphatic heterocycles. The molecule has 0 radical (unpaired) electrons. The summed E-state index contributed by atoms with van der Waals surface area (Å²) in [6.45, 7) is 0. The van der Waals surface area contributed by atoms with Gasteiger partial charge in [0.2, 0.25) is 0 Å². The molecule has 3 nitrogen and oxygen atoms in total. The van der Waals surface area contributed by atoms with Crippen molar-refractivity contribution in [3.63, 3.8) is 0 Å². The second-order valence-corrected chi connectivity index (χ2v) is 11.6. The molecule has 1 amide bonds. The van der Waals surface area contributed by atoms with Gasteiger partial charge in [-0.25, -0.2) is 0 Å². The summed E-state index contributed by atoms with van der Waals surface area (Å²) < 4.78 is 2.33. The third kappa shape index (κ3) is 1.75. The fraction of sp³-hybridized carbons (Fsp3) is 0.188. The van der Waals surface area contributed by atoms with Crippen LogP contribution >= 0.6 is 0 Å². The van der Waals surface area contributed by atoms with E-state index in [4.69, 9.17) is 0 Å². The number of rotatable bonds is 0. The van der Waals surface area contributed by atoms with Crippen LogP contribution < -0.4 is 18.7 Å². The molecule has 1 spiro atoms. The molecule has 4 rings (SSSR count). The summed E-state index contributed by atoms with van der Waals surface area (Å²) in [6.07, 6.45) is 0. The number of para-hydroxylation sites is 2. The molecule has 0 aliphatic carbocycles. The molecule has 2 aliphatic rings. The Bertz CT molecular complexity index is 749. The zero-order valence-electron chi connectivity index (χ0n) is 11.7. The van der Waals surface area contributed by atoms with Crippen LogP contribution in [0.1, 0.15) is 0 Å². The van der Waals surface area contributed by atoms with Gasteiger partial charge in [-0.1, -0.05) is 0 Å². The first-order valence-corrected chi connectivity index (χ1v) is 10.1. The second-order valence-electron chi connectivity index (χ2n) is 5.14. The molecule has 2 aromatic carbocycles. The summed E-state index contributed by atoms with van der Waals surface area (Å²) in [5.41, 5.74) is 2.30. The Labute approximate surface area is 136 Å². The second kappa shape index (κ2) is 4.62. The Morgan fingerprint density at radius 1 is 0.857 bits per heavy atom. The Kier molecular flexibility index (Phi) is 2.95. The molecule has 1 atom stereocenters. The van der Waals surface area contributed by atoms with Gasteiger partial charge in [0, 0.05) is 0 Å². The van der Waals surface area contributed by atoms with Gasteiger partial charge in [0.05, 0.1) is 0 Å². The number of nitrogens with zero attached hydrogens (tertiary/aromatic N) is 2. The molecule has 0 N–H and O–H groups in total. The third-order valence-electron chi connectivity index (χ3n) is 3.97. The average Bonchev–Trinajstić information content (AvgIpc) is 2.79. The third-order valence-corrected chi connectivity index (χ3v) is 11.2. The van der Waals surface area contributed by atoms with Crippen LogP contribution in [0.4, 0.5) is 11.4 Å². The molecule has 0 saturated carbocycles. The summed E-state index contributed by atoms with van der Waals surface area (Å²) >= 11 is 0.276. The molecule has 21 heavy (non-hydrogen) atoms. The van der Waals surface area contributed by atoms with Crippen LogP contribution in [0, 0.1) is 0 Å². The van der Waals surface area contributed by atoms with Gasteiger partial charge in [0.1, 0.15) is 0 Å². The Morgan fingerprint density at radius 3 is 2.00 bits per heavy atom. The number of likely N-dealkylation sites (N-methyl/N-ethyl adjacent to an activating group) is 2. The fourth-order valence-electron chi connectivity index (χ4n) is 2.81. The van der Waals surface area contributed by atoms with E-state index in [1.165, 1.54) is 14.6 Å². The maximum atomic E-state index is 13.1. The number of amides is 1. The first-order valence-electron chi connectivity index (χ1n) is 6.71. The normalized spacial score (nSPS) is 23.4. The molecule has 5 heteroatoms. The number of carbonyl (C=O) groups excluding carboxylic acids is 1. The molecule has 0 saturated heterocycles. The van der Waals surface area contributed by atoms with Gasteiger partial charge in [0.15, 0.2) is 0 Å². The van der Waals surface area contributed by atoms with E-state index in [2.05, 4.69) is 54.4 Å². The predicted molar refractivity (Wildman–Crippen MR) is 88.2 cm³/mol. The van der Waals surface area contributed by atoms with Crippen LogP contribution in [-0.4, -0.2) is 53.3 Å². The summed E-state index contributed by atoms with van der Waals surface area (Å²) in [4.78, 5) is 17.2. The number of hydrogen-bond donors (Lipinski definition) is 0. The van der Waals surface area contributed by atoms with Crippen LogP contribution in [0.3, 0.4) is 0 Å². The van der Waals surface area contributed by atoms with Crippen molar-refractivity contribution in [1.29, 1.82) is 0 Å². The Morgan fingerprint density at radius 2 is 1.38 bits per heavy atom. The van der Waals surface area contributed by atoms with Crippen LogP contribution in [0.15, 0.2) is 48.5 Å². The minimum atomic E-state index is -0.340. The van der Waals surface area contributed by atoms with Crippen molar-refractivity contribution in [3.05, 3.63) is 48.5 Å². The fourth-order valence-corrected chi connectivity index (χ4v) is 10.4. The summed E-state index contributed by atoms with van der Waals surface area (Å²) in [5, 5.41) is 0. The van der Waals surface area contributed by atoms with E-state index in [1.54, 1.807) is 0 Å². The van der Waals surface area contributed by atoms with Gasteiger partial charge in [-0.15, -0.1) is 0 Å². The van der Waals surface area contributed by atoms with Crippen LogP contribution in [-0.2, 0) is 4.79 Å². The van der Waals surface area contributed by atoms with E-state index in [0.717, 1.165) is 5.69 Å². The van der Waals surface area contributed by atoms with Crippen molar-refractivity contribution in [1.82, 2.24) is 0 Å². The van der Waals surface area contributed by atoms with E-state index >= 15 is 0 Å². The zero-order chi connectivity index (χ0) is 14.6. The monoisotopic (exact) mass is 410 g/mol. The minimum absolute atomic E-state index is 0.126. The predicted octanol–water partition coefficient (Wildman–Crippen LogP) is 0.126. The van der Waals surface area contributed by atoms with Gasteiger partial charge in [-0.3, -0.25) is 0 Å². The number of carbonyl (C=O) groups is 1. The summed E-state index contributed by atoms with van der Waals surface area (Å²) in [7, 11) is 3.99. The SMILES string of the molecule is CN1C(=O)C2([Se]c3ccccc31)[Se]c1ccccc1N2C. The first-order chi connectivity index (χ1) is 10.1. The zero-order valence-corrected chi connectivity index (χ0v) is 15.2. The molecule has 106 valence electrons. The Hall–Kier alpha value is -1.25. The van der Waals surface area contributed by atoms with E-state index < -0.39 is 0 Å². The van der Waals surface area contributed by atoms with Gasteiger partial charge >= 0.3 is 137 Å². The maximum absolute atomic E-state index is 13.1. The van der Waals surface area contributed by atoms with Crippen molar-refractivity contribution in [3.8, 4) is 0 Å². The standard InChI is InChI=1S/C16H14N2OSe2/c1-17-11-7-3-5-9-13(11)20-16(15(17)19)18(2)12-8-4-6-10-14(12)21-16/h3-10H,1-2H3. The van der Waals surface area contributed by atoms with Crippen molar-refractivity contribution in [2.75, 3.05) is 23.9 Å². The van der Waals surface area contributed by atoms with Crippen LogP contribution in [0.25, 0.3) is 0 Å². The number of anilines is 2. The van der Waals surface area contributed by atoms with Crippen molar-refractivity contribution < 1.29 is 4.79 Å². The molecular formula is C16H14N2OSe2. The topological polar surface area (TPSA) is 23.6 Å². The van der Waals surface area contributed by atoms with Gasteiger partial charge < -0.3 is 0 Å². The van der Waals surface area contributed by atoms with E-state index in [0.29, 0.717) is 0 Å². The van der Waals surface area contributed by atoms with Crippen molar-refractivity contribution in [2.24, 2.45) is 0 Å². The molecular weight excluding hydrogens is 394 g/mol. The quantitative estimate of drug-likeness (QED) is 0.579. The Balaban J connectivity index is 1.86. The number of fused-ring (bicyclic) bond motifs is 2. The molecule has 0 bridgehead atoms. The van der Waals surface area contributed by atoms with Gasteiger partial charge in [-0.2, -0.15) is 0 Å². The van der Waals surface area contributed by atoms with Gasteiger partial charge in [-0.05, 0) is 0 Å². The summed E-state index contributed by atoms with van der Waals surface area (Å²) in [6, 6.07) is 16.7. The number of hydrogen-bond acceptors (Lipinski definition) is 2. The molecule has 2 heterocycles. The first kappa shape index (κ1) is 13.4. The molecule has 0 aromatic heterocycles. The summed E-state index contributed by atoms with van der Waals surface area (Å²) in [5.74, 6) is 0.250. The van der Waals surface area contributed by atoms with E-state index in [9.17, 15) is 4.79 Å². The van der Waals surface area contributed by atoms with Crippen LogP contribution in [0.5, 0.6) is 0 Å². The average molecular weight is 408 g/mol.